The van der Waals surface area contributed by atoms with Crippen LogP contribution in [0.25, 0.3) is 5.69 Å². The van der Waals surface area contributed by atoms with Gasteiger partial charge in [0.15, 0.2) is 5.82 Å². The SMILES string of the molecule is Cc1ncncc1C(=O)Nc1cccc(-n2nnnc2C)c1. The number of amides is 1. The van der Waals surface area contributed by atoms with Crippen LogP contribution in [0.1, 0.15) is 21.9 Å². The third kappa shape index (κ3) is 2.66. The van der Waals surface area contributed by atoms with Gasteiger partial charge in [0.2, 0.25) is 0 Å². The molecule has 110 valence electrons. The molecule has 1 N–H and O–H groups in total. The van der Waals surface area contributed by atoms with Gasteiger partial charge >= 0.3 is 0 Å². The van der Waals surface area contributed by atoms with Crippen LogP contribution in [0.2, 0.25) is 0 Å². The first kappa shape index (κ1) is 13.8. The smallest absolute Gasteiger partial charge is 0.259 e. The lowest BCUT2D eigenvalue weighted by Gasteiger charge is -2.08. The van der Waals surface area contributed by atoms with Crippen LogP contribution in [0.15, 0.2) is 36.8 Å². The Bertz CT molecular complexity index is 827. The highest BCUT2D eigenvalue weighted by Crippen LogP contribution is 2.16. The summed E-state index contributed by atoms with van der Waals surface area (Å²) >= 11 is 0. The molecule has 0 saturated heterocycles. The zero-order valence-corrected chi connectivity index (χ0v) is 12.1. The molecule has 0 bridgehead atoms. The molecular weight excluding hydrogens is 282 g/mol. The van der Waals surface area contributed by atoms with E-state index in [9.17, 15) is 4.79 Å². The maximum absolute atomic E-state index is 12.3. The Hall–Kier alpha value is -3.16. The van der Waals surface area contributed by atoms with E-state index in [1.165, 1.54) is 12.5 Å². The number of anilines is 1. The molecular formula is C14H13N7O. The van der Waals surface area contributed by atoms with Crippen molar-refractivity contribution in [1.29, 1.82) is 0 Å². The standard InChI is InChI=1S/C14H13N7O/c1-9-13(7-15-8-16-9)14(22)17-11-4-3-5-12(6-11)21-10(2)18-19-20-21/h3-8H,1-2H3,(H,17,22). The molecule has 22 heavy (non-hydrogen) atoms. The van der Waals surface area contributed by atoms with Gasteiger partial charge in [-0.25, -0.2) is 9.97 Å². The van der Waals surface area contributed by atoms with E-state index in [1.54, 1.807) is 30.7 Å². The number of aryl methyl sites for hydroxylation is 2. The Labute approximate surface area is 126 Å². The third-order valence-electron chi connectivity index (χ3n) is 3.13. The number of rotatable bonds is 3. The Morgan fingerprint density at radius 3 is 2.86 bits per heavy atom. The summed E-state index contributed by atoms with van der Waals surface area (Å²) < 4.78 is 1.59. The molecule has 0 unspecified atom stereocenters. The van der Waals surface area contributed by atoms with E-state index < -0.39 is 0 Å². The van der Waals surface area contributed by atoms with E-state index >= 15 is 0 Å². The van der Waals surface area contributed by atoms with Gasteiger partial charge in [-0.05, 0) is 42.5 Å². The number of hydrogen-bond donors (Lipinski definition) is 1. The number of nitrogens with one attached hydrogen (secondary N) is 1. The van der Waals surface area contributed by atoms with Crippen LogP contribution in [-0.4, -0.2) is 36.1 Å². The molecule has 2 aromatic heterocycles. The topological polar surface area (TPSA) is 98.5 Å². The van der Waals surface area contributed by atoms with Gasteiger partial charge in [-0.15, -0.1) is 5.10 Å². The van der Waals surface area contributed by atoms with Crippen LogP contribution in [0.5, 0.6) is 0 Å². The van der Waals surface area contributed by atoms with Crippen molar-refractivity contribution in [3.63, 3.8) is 0 Å². The summed E-state index contributed by atoms with van der Waals surface area (Å²) in [5, 5.41) is 14.2. The molecule has 0 fully saturated rings. The normalized spacial score (nSPS) is 10.5. The predicted octanol–water partition coefficient (Wildman–Crippen LogP) is 1.32. The fourth-order valence-corrected chi connectivity index (χ4v) is 2.00. The summed E-state index contributed by atoms with van der Waals surface area (Å²) in [5.74, 6) is 0.402. The maximum Gasteiger partial charge on any atom is 0.259 e. The first-order valence-electron chi connectivity index (χ1n) is 6.58. The molecule has 2 heterocycles. The molecule has 3 rings (SSSR count). The average molecular weight is 295 g/mol. The molecule has 8 heteroatoms. The van der Waals surface area contributed by atoms with Crippen molar-refractivity contribution in [3.05, 3.63) is 53.9 Å². The predicted molar refractivity (Wildman–Crippen MR) is 78.6 cm³/mol. The number of benzene rings is 1. The molecule has 0 aliphatic rings. The minimum absolute atomic E-state index is 0.260. The minimum Gasteiger partial charge on any atom is -0.322 e. The monoisotopic (exact) mass is 295 g/mol. The lowest BCUT2D eigenvalue weighted by Crippen LogP contribution is -2.14. The first-order chi connectivity index (χ1) is 10.6. The van der Waals surface area contributed by atoms with E-state index in [0.29, 0.717) is 22.8 Å². The Kier molecular flexibility index (Phi) is 3.57. The van der Waals surface area contributed by atoms with Gasteiger partial charge in [0, 0.05) is 11.9 Å². The van der Waals surface area contributed by atoms with Gasteiger partial charge in [-0.3, -0.25) is 4.79 Å². The Morgan fingerprint density at radius 1 is 1.27 bits per heavy atom. The van der Waals surface area contributed by atoms with Crippen molar-refractivity contribution >= 4 is 11.6 Å². The Morgan fingerprint density at radius 2 is 2.14 bits per heavy atom. The van der Waals surface area contributed by atoms with Crippen LogP contribution in [0.3, 0.4) is 0 Å². The summed E-state index contributed by atoms with van der Waals surface area (Å²) in [5.41, 5.74) is 2.47. The van der Waals surface area contributed by atoms with Crippen molar-refractivity contribution in [3.8, 4) is 5.69 Å². The third-order valence-corrected chi connectivity index (χ3v) is 3.13. The first-order valence-corrected chi connectivity index (χ1v) is 6.58. The van der Waals surface area contributed by atoms with Crippen LogP contribution >= 0.6 is 0 Å². The van der Waals surface area contributed by atoms with Crippen molar-refractivity contribution in [2.45, 2.75) is 13.8 Å². The van der Waals surface area contributed by atoms with Gasteiger partial charge in [-0.1, -0.05) is 6.07 Å². The quantitative estimate of drug-likeness (QED) is 0.782. The second kappa shape index (κ2) is 5.68. The summed E-state index contributed by atoms with van der Waals surface area (Å²) in [6.45, 7) is 3.56. The van der Waals surface area contributed by atoms with Gasteiger partial charge in [0.1, 0.15) is 6.33 Å². The van der Waals surface area contributed by atoms with Crippen LogP contribution in [0, 0.1) is 13.8 Å². The number of aromatic nitrogens is 6. The lowest BCUT2D eigenvalue weighted by atomic mass is 10.2. The van der Waals surface area contributed by atoms with E-state index in [1.807, 2.05) is 12.1 Å². The number of carbonyl (C=O) groups excluding carboxylic acids is 1. The molecule has 3 aromatic rings. The van der Waals surface area contributed by atoms with E-state index in [0.717, 1.165) is 5.69 Å². The second-order valence-corrected chi connectivity index (χ2v) is 4.66. The molecule has 1 amide bonds. The number of carbonyl (C=O) groups is 1. The molecule has 0 aliphatic carbocycles. The minimum atomic E-state index is -0.260. The van der Waals surface area contributed by atoms with Gasteiger partial charge in [-0.2, -0.15) is 4.68 Å². The Balaban J connectivity index is 1.86. The van der Waals surface area contributed by atoms with Crippen molar-refractivity contribution in [2.75, 3.05) is 5.32 Å². The summed E-state index contributed by atoms with van der Waals surface area (Å²) in [4.78, 5) is 20.1. The fraction of sp³-hybridized carbons (Fsp3) is 0.143. The number of hydrogen-bond acceptors (Lipinski definition) is 6. The molecule has 0 radical (unpaired) electrons. The summed E-state index contributed by atoms with van der Waals surface area (Å²) in [6.07, 6.45) is 2.90. The molecule has 0 atom stereocenters. The van der Waals surface area contributed by atoms with Crippen molar-refractivity contribution in [2.24, 2.45) is 0 Å². The zero-order chi connectivity index (χ0) is 15.5. The molecule has 0 aliphatic heterocycles. The number of tetrazole rings is 1. The number of nitrogens with zero attached hydrogens (tertiary/aromatic N) is 6. The molecule has 0 spiro atoms. The second-order valence-electron chi connectivity index (χ2n) is 4.66. The summed E-state index contributed by atoms with van der Waals surface area (Å²) in [6, 6.07) is 7.26. The van der Waals surface area contributed by atoms with Crippen molar-refractivity contribution < 1.29 is 4.79 Å². The fourth-order valence-electron chi connectivity index (χ4n) is 2.00. The van der Waals surface area contributed by atoms with Crippen LogP contribution in [0.4, 0.5) is 5.69 Å². The summed E-state index contributed by atoms with van der Waals surface area (Å²) in [7, 11) is 0. The highest BCUT2D eigenvalue weighted by molar-refractivity contribution is 6.04. The maximum atomic E-state index is 12.3. The largest absolute Gasteiger partial charge is 0.322 e. The molecule has 0 saturated carbocycles. The zero-order valence-electron chi connectivity index (χ0n) is 12.1. The highest BCUT2D eigenvalue weighted by atomic mass is 16.1. The molecule has 8 nitrogen and oxygen atoms in total. The lowest BCUT2D eigenvalue weighted by molar-refractivity contribution is 0.102. The molecule has 1 aromatic carbocycles. The van der Waals surface area contributed by atoms with E-state index in [2.05, 4.69) is 30.8 Å². The van der Waals surface area contributed by atoms with Gasteiger partial charge in [0.25, 0.3) is 5.91 Å². The average Bonchev–Trinajstić information content (AvgIpc) is 2.94. The van der Waals surface area contributed by atoms with Gasteiger partial charge < -0.3 is 5.32 Å². The van der Waals surface area contributed by atoms with Crippen molar-refractivity contribution in [1.82, 2.24) is 30.2 Å². The van der Waals surface area contributed by atoms with Crippen LogP contribution < -0.4 is 5.32 Å². The van der Waals surface area contributed by atoms with Gasteiger partial charge in [0.05, 0.1) is 16.9 Å². The van der Waals surface area contributed by atoms with Crippen LogP contribution in [-0.2, 0) is 0 Å². The van der Waals surface area contributed by atoms with E-state index in [4.69, 9.17) is 0 Å². The highest BCUT2D eigenvalue weighted by Gasteiger charge is 2.11. The van der Waals surface area contributed by atoms with E-state index in [-0.39, 0.29) is 5.91 Å².